The van der Waals surface area contributed by atoms with Crippen LogP contribution in [0.5, 0.6) is 0 Å². The summed E-state index contributed by atoms with van der Waals surface area (Å²) in [6.07, 6.45) is 2.04. The molecule has 12 heavy (non-hydrogen) atoms. The highest BCUT2D eigenvalue weighted by Gasteiger charge is 2.02. The summed E-state index contributed by atoms with van der Waals surface area (Å²) < 4.78 is 13.2. The predicted molar refractivity (Wildman–Crippen MR) is 49.9 cm³/mol. The standard InChI is InChI=1S/C11H15F/c1-4-5-10-6-8(2)9(3)11(12)7-10/h6-7H,4-5H2,1-3H3/i12-1. The largest absolute Gasteiger partial charge is 0.207 e. The lowest BCUT2D eigenvalue weighted by Crippen LogP contribution is -1.92. The third kappa shape index (κ3) is 1.84. The van der Waals surface area contributed by atoms with Gasteiger partial charge in [0, 0.05) is 0 Å². The summed E-state index contributed by atoms with van der Waals surface area (Å²) in [5.41, 5.74) is 2.94. The van der Waals surface area contributed by atoms with Gasteiger partial charge < -0.3 is 0 Å². The number of benzene rings is 1. The Morgan fingerprint density at radius 1 is 1.25 bits per heavy atom. The molecule has 0 aliphatic carbocycles. The minimum absolute atomic E-state index is 0.0709. The van der Waals surface area contributed by atoms with E-state index in [4.69, 9.17) is 0 Å². The third-order valence-corrected chi connectivity index (χ3v) is 2.20. The molecule has 0 saturated carbocycles. The van der Waals surface area contributed by atoms with Crippen LogP contribution in [-0.4, -0.2) is 0 Å². The molecule has 0 spiro atoms. The molecular formula is C11H15F. The van der Waals surface area contributed by atoms with Crippen molar-refractivity contribution in [1.29, 1.82) is 0 Å². The Hall–Kier alpha value is -0.850. The molecule has 1 rings (SSSR count). The molecule has 0 fully saturated rings. The number of halogens is 1. The maximum absolute atomic E-state index is 13.2. The van der Waals surface area contributed by atoms with E-state index >= 15 is 0 Å². The summed E-state index contributed by atoms with van der Waals surface area (Å²) in [6, 6.07) is 3.72. The van der Waals surface area contributed by atoms with Crippen molar-refractivity contribution in [2.75, 3.05) is 0 Å². The highest BCUT2D eigenvalue weighted by atomic mass is 18.2. The first-order valence-corrected chi connectivity index (χ1v) is 4.40. The zero-order valence-corrected chi connectivity index (χ0v) is 7.95. The molecule has 0 aliphatic heterocycles. The number of aryl methyl sites for hydroxylation is 2. The van der Waals surface area contributed by atoms with Gasteiger partial charge in [0.05, 0.1) is 0 Å². The zero-order valence-electron chi connectivity index (χ0n) is 7.95. The summed E-state index contributed by atoms with van der Waals surface area (Å²) in [6.45, 7) is 5.88. The minimum atomic E-state index is -0.0709. The maximum atomic E-state index is 13.2. The molecule has 0 atom stereocenters. The Morgan fingerprint density at radius 2 is 1.92 bits per heavy atom. The Bertz CT molecular complexity index is 253. The van der Waals surface area contributed by atoms with Crippen LogP contribution < -0.4 is 0 Å². The number of rotatable bonds is 2. The second-order valence-corrected chi connectivity index (χ2v) is 3.27. The molecule has 0 radical (unpaired) electrons. The zero-order chi connectivity index (χ0) is 9.14. The molecule has 0 saturated heterocycles. The summed E-state index contributed by atoms with van der Waals surface area (Å²) >= 11 is 0. The van der Waals surface area contributed by atoms with Crippen LogP contribution in [0.25, 0.3) is 0 Å². The molecule has 0 nitrogen and oxygen atoms in total. The van der Waals surface area contributed by atoms with Crippen LogP contribution in [0.1, 0.15) is 30.0 Å². The summed E-state index contributed by atoms with van der Waals surface area (Å²) in [4.78, 5) is 0. The molecule has 0 amide bonds. The van der Waals surface area contributed by atoms with Crippen molar-refractivity contribution in [3.05, 3.63) is 34.6 Å². The van der Waals surface area contributed by atoms with Crippen LogP contribution in [0.2, 0.25) is 0 Å². The Balaban J connectivity index is 3.04. The van der Waals surface area contributed by atoms with Gasteiger partial charge >= 0.3 is 0 Å². The van der Waals surface area contributed by atoms with E-state index in [0.29, 0.717) is 0 Å². The Morgan fingerprint density at radius 3 is 2.42 bits per heavy atom. The van der Waals surface area contributed by atoms with Gasteiger partial charge in [0.1, 0.15) is 5.82 Å². The molecule has 0 bridgehead atoms. The molecule has 0 unspecified atom stereocenters. The fourth-order valence-electron chi connectivity index (χ4n) is 1.32. The fraction of sp³-hybridized carbons (Fsp3) is 0.455. The first kappa shape index (κ1) is 9.24. The minimum Gasteiger partial charge on any atom is -0.207 e. The van der Waals surface area contributed by atoms with Crippen LogP contribution in [0.15, 0.2) is 12.1 Å². The smallest absolute Gasteiger partial charge is 0.126 e. The predicted octanol–water partition coefficient (Wildman–Crippen LogP) is 3.40. The van der Waals surface area contributed by atoms with Crippen molar-refractivity contribution in [2.24, 2.45) is 0 Å². The number of hydrogen-bond acceptors (Lipinski definition) is 0. The van der Waals surface area contributed by atoms with Crippen molar-refractivity contribution in [3.8, 4) is 0 Å². The lowest BCUT2D eigenvalue weighted by Gasteiger charge is -2.05. The number of hydrogen-bond donors (Lipinski definition) is 0. The first-order valence-electron chi connectivity index (χ1n) is 4.40. The quantitative estimate of drug-likeness (QED) is 0.630. The van der Waals surface area contributed by atoms with E-state index in [0.717, 1.165) is 29.5 Å². The highest BCUT2D eigenvalue weighted by Crippen LogP contribution is 2.15. The third-order valence-electron chi connectivity index (χ3n) is 2.20. The average Bonchev–Trinajstić information content (AvgIpc) is 2.01. The summed E-state index contributed by atoms with van der Waals surface area (Å²) in [7, 11) is 0. The fourth-order valence-corrected chi connectivity index (χ4v) is 1.32. The second kappa shape index (κ2) is 3.70. The van der Waals surface area contributed by atoms with Crippen LogP contribution in [0.3, 0.4) is 0 Å². The normalized spacial score (nSPS) is 10.3. The lowest BCUT2D eigenvalue weighted by molar-refractivity contribution is 0.614. The van der Waals surface area contributed by atoms with E-state index < -0.39 is 0 Å². The molecule has 0 aromatic heterocycles. The van der Waals surface area contributed by atoms with Gasteiger partial charge in [-0.3, -0.25) is 0 Å². The van der Waals surface area contributed by atoms with Crippen molar-refractivity contribution in [3.63, 3.8) is 0 Å². The summed E-state index contributed by atoms with van der Waals surface area (Å²) in [5.74, 6) is -0.0709. The van der Waals surface area contributed by atoms with E-state index in [2.05, 4.69) is 13.0 Å². The van der Waals surface area contributed by atoms with Gasteiger partial charge in [0.25, 0.3) is 0 Å². The molecule has 1 heteroatoms. The SMILES string of the molecule is CCCc1cc(C)c(C)c([18F])c1. The Kier molecular flexibility index (Phi) is 2.85. The van der Waals surface area contributed by atoms with E-state index in [1.165, 1.54) is 0 Å². The first-order chi connectivity index (χ1) is 5.65. The average molecular weight is 165 g/mol. The van der Waals surface area contributed by atoms with Gasteiger partial charge in [-0.15, -0.1) is 0 Å². The van der Waals surface area contributed by atoms with Gasteiger partial charge in [-0.25, -0.2) is 4.39 Å². The molecule has 0 N–H and O–H groups in total. The van der Waals surface area contributed by atoms with Gasteiger partial charge in [0.15, 0.2) is 0 Å². The molecule has 66 valence electrons. The monoisotopic (exact) mass is 165 g/mol. The topological polar surface area (TPSA) is 0 Å². The van der Waals surface area contributed by atoms with Crippen LogP contribution in [-0.2, 0) is 6.42 Å². The van der Waals surface area contributed by atoms with Crippen molar-refractivity contribution in [1.82, 2.24) is 0 Å². The van der Waals surface area contributed by atoms with E-state index in [-0.39, 0.29) is 5.82 Å². The van der Waals surface area contributed by atoms with E-state index in [9.17, 15) is 4.39 Å². The van der Waals surface area contributed by atoms with Gasteiger partial charge in [0.2, 0.25) is 0 Å². The molecule has 1 aromatic rings. The molecule has 0 heterocycles. The van der Waals surface area contributed by atoms with E-state index in [1.54, 1.807) is 6.07 Å². The van der Waals surface area contributed by atoms with Crippen LogP contribution in [0.4, 0.5) is 4.39 Å². The molecule has 0 aliphatic rings. The molecular weight excluding hydrogens is 150 g/mol. The van der Waals surface area contributed by atoms with Gasteiger partial charge in [-0.2, -0.15) is 0 Å². The summed E-state index contributed by atoms with van der Waals surface area (Å²) in [5, 5.41) is 0. The van der Waals surface area contributed by atoms with Gasteiger partial charge in [-0.1, -0.05) is 19.4 Å². The lowest BCUT2D eigenvalue weighted by atomic mass is 10.0. The Labute approximate surface area is 73.4 Å². The van der Waals surface area contributed by atoms with Crippen LogP contribution in [0, 0.1) is 19.7 Å². The van der Waals surface area contributed by atoms with Crippen molar-refractivity contribution < 1.29 is 4.39 Å². The van der Waals surface area contributed by atoms with E-state index in [1.807, 2.05) is 13.8 Å². The maximum Gasteiger partial charge on any atom is 0.126 e. The van der Waals surface area contributed by atoms with Crippen LogP contribution >= 0.6 is 0 Å². The van der Waals surface area contributed by atoms with Gasteiger partial charge in [-0.05, 0) is 43.0 Å². The van der Waals surface area contributed by atoms with Crippen molar-refractivity contribution in [2.45, 2.75) is 33.6 Å². The second-order valence-electron chi connectivity index (χ2n) is 3.27. The van der Waals surface area contributed by atoms with Crippen molar-refractivity contribution >= 4 is 0 Å². The molecule has 1 aromatic carbocycles. The highest BCUT2D eigenvalue weighted by molar-refractivity contribution is 5.31.